The van der Waals surface area contributed by atoms with Crippen molar-refractivity contribution in [3.05, 3.63) is 83.8 Å². The molecular weight excluding hydrogens is 635 g/mol. The highest BCUT2D eigenvalue weighted by atomic mass is 19.4. The van der Waals surface area contributed by atoms with Crippen molar-refractivity contribution in [3.8, 4) is 0 Å². The van der Waals surface area contributed by atoms with E-state index in [4.69, 9.17) is 19.9 Å². The van der Waals surface area contributed by atoms with Gasteiger partial charge in [0.15, 0.2) is 0 Å². The van der Waals surface area contributed by atoms with Gasteiger partial charge >= 0.3 is 18.2 Å². The first kappa shape index (κ1) is 35.3. The number of fused-ring (bicyclic) bond motifs is 1. The standard InChI is InChI=1S/C32H34F3N7O6/c1-41-25-11-8-22(30(44)42(26-5-3-4-14-37-26)15-12-28(43)47-18-17-46-2)19-24(25)39-27(41)20-38-23-9-6-21(7-10-23)29(36)40-31(45)48-16-13-32(33,34)35/h3-11,14,19,38H,12-13,15-18,20H2,1-2H3,(H2,36,40,45). The monoisotopic (exact) mass is 669 g/mol. The summed E-state index contributed by atoms with van der Waals surface area (Å²) in [6, 6.07) is 16.7. The number of methoxy groups -OCH3 is 1. The summed E-state index contributed by atoms with van der Waals surface area (Å²) in [6.45, 7) is -0.0987. The number of anilines is 2. The average Bonchev–Trinajstić information content (AvgIpc) is 3.38. The normalized spacial score (nSPS) is 11.2. The predicted octanol–water partition coefficient (Wildman–Crippen LogP) is 4.81. The fourth-order valence-electron chi connectivity index (χ4n) is 4.45. The number of benzene rings is 2. The number of pyridine rings is 1. The lowest BCUT2D eigenvalue weighted by Gasteiger charge is -2.21. The molecule has 0 bridgehead atoms. The molecule has 48 heavy (non-hydrogen) atoms. The van der Waals surface area contributed by atoms with Crippen molar-refractivity contribution in [3.63, 3.8) is 0 Å². The van der Waals surface area contributed by atoms with Crippen LogP contribution < -0.4 is 15.5 Å². The molecule has 13 nitrogen and oxygen atoms in total. The number of imidazole rings is 1. The third kappa shape index (κ3) is 9.99. The Morgan fingerprint density at radius 3 is 2.42 bits per heavy atom. The Kier molecular flexibility index (Phi) is 12.0. The number of nitrogens with zero attached hydrogens (tertiary/aromatic N) is 4. The maximum absolute atomic E-state index is 13.7. The predicted molar refractivity (Wildman–Crippen MR) is 170 cm³/mol. The quantitative estimate of drug-likeness (QED) is 0.0741. The number of aromatic nitrogens is 3. The number of carbonyl (C=O) groups excluding carboxylic acids is 3. The van der Waals surface area contributed by atoms with E-state index in [1.54, 1.807) is 66.9 Å². The third-order valence-electron chi connectivity index (χ3n) is 6.95. The van der Waals surface area contributed by atoms with Crippen molar-refractivity contribution in [1.82, 2.24) is 19.9 Å². The van der Waals surface area contributed by atoms with Crippen molar-refractivity contribution in [2.24, 2.45) is 7.05 Å². The Balaban J connectivity index is 1.39. The number of halogens is 3. The first-order valence-electron chi connectivity index (χ1n) is 14.7. The molecule has 16 heteroatoms. The molecule has 254 valence electrons. The van der Waals surface area contributed by atoms with Gasteiger partial charge in [0.1, 0.15) is 30.7 Å². The van der Waals surface area contributed by atoms with E-state index in [0.717, 1.165) is 5.52 Å². The third-order valence-corrected chi connectivity index (χ3v) is 6.95. The van der Waals surface area contributed by atoms with Crippen LogP contribution in [0.3, 0.4) is 0 Å². The van der Waals surface area contributed by atoms with E-state index in [2.05, 4.69) is 20.4 Å². The van der Waals surface area contributed by atoms with Gasteiger partial charge in [0.2, 0.25) is 0 Å². The van der Waals surface area contributed by atoms with Crippen LogP contribution in [0.15, 0.2) is 66.9 Å². The van der Waals surface area contributed by atoms with Gasteiger partial charge in [0.05, 0.1) is 37.0 Å². The van der Waals surface area contributed by atoms with E-state index in [9.17, 15) is 27.6 Å². The highest BCUT2D eigenvalue weighted by molar-refractivity contribution is 6.07. The molecule has 0 saturated heterocycles. The Bertz CT molecular complexity index is 1730. The summed E-state index contributed by atoms with van der Waals surface area (Å²) >= 11 is 0. The van der Waals surface area contributed by atoms with Crippen LogP contribution in [0, 0.1) is 5.41 Å². The van der Waals surface area contributed by atoms with Gasteiger partial charge in [0, 0.05) is 43.7 Å². The lowest BCUT2D eigenvalue weighted by atomic mass is 10.1. The Morgan fingerprint density at radius 2 is 1.73 bits per heavy atom. The fourth-order valence-corrected chi connectivity index (χ4v) is 4.45. The van der Waals surface area contributed by atoms with Crippen molar-refractivity contribution in [2.45, 2.75) is 25.6 Å². The molecule has 0 saturated carbocycles. The number of rotatable bonds is 14. The van der Waals surface area contributed by atoms with E-state index >= 15 is 0 Å². The van der Waals surface area contributed by atoms with Crippen LogP contribution in [-0.2, 0) is 32.6 Å². The Hall–Kier alpha value is -5.51. The van der Waals surface area contributed by atoms with Crippen molar-refractivity contribution in [2.75, 3.05) is 43.7 Å². The lowest BCUT2D eigenvalue weighted by Crippen LogP contribution is -2.34. The summed E-state index contributed by atoms with van der Waals surface area (Å²) in [5.74, 6) is -0.111. The number of amides is 2. The summed E-state index contributed by atoms with van der Waals surface area (Å²) in [5.41, 5.74) is 2.71. The van der Waals surface area contributed by atoms with Crippen LogP contribution in [0.1, 0.15) is 34.6 Å². The molecule has 0 aliphatic rings. The Morgan fingerprint density at radius 1 is 0.979 bits per heavy atom. The maximum atomic E-state index is 13.7. The van der Waals surface area contributed by atoms with E-state index in [0.29, 0.717) is 40.5 Å². The van der Waals surface area contributed by atoms with Crippen LogP contribution in [-0.4, -0.2) is 78.0 Å². The zero-order valence-corrected chi connectivity index (χ0v) is 26.2. The summed E-state index contributed by atoms with van der Waals surface area (Å²) in [7, 11) is 3.34. The van der Waals surface area contributed by atoms with Gasteiger partial charge in [0.25, 0.3) is 5.91 Å². The van der Waals surface area contributed by atoms with Gasteiger partial charge in [-0.3, -0.25) is 25.2 Å². The summed E-state index contributed by atoms with van der Waals surface area (Å²) in [4.78, 5) is 48.0. The van der Waals surface area contributed by atoms with Gasteiger partial charge in [-0.1, -0.05) is 6.07 Å². The summed E-state index contributed by atoms with van der Waals surface area (Å²) < 4.78 is 53.1. The van der Waals surface area contributed by atoms with Gasteiger partial charge in [-0.15, -0.1) is 0 Å². The maximum Gasteiger partial charge on any atom is 0.412 e. The smallest absolute Gasteiger partial charge is 0.412 e. The number of esters is 1. The van der Waals surface area contributed by atoms with Crippen LogP contribution in [0.5, 0.6) is 0 Å². The lowest BCUT2D eigenvalue weighted by molar-refractivity contribution is -0.144. The molecule has 2 heterocycles. The van der Waals surface area contributed by atoms with Crippen LogP contribution in [0.4, 0.5) is 29.5 Å². The number of aryl methyl sites for hydroxylation is 1. The minimum absolute atomic E-state index is 0.0375. The van der Waals surface area contributed by atoms with Crippen molar-refractivity contribution < 1.29 is 41.8 Å². The van der Waals surface area contributed by atoms with Gasteiger partial charge in [-0.2, -0.15) is 13.2 Å². The van der Waals surface area contributed by atoms with E-state index in [-0.39, 0.29) is 37.9 Å². The molecule has 0 aliphatic heterocycles. The number of nitrogens with one attached hydrogen (secondary N) is 3. The molecule has 4 aromatic rings. The molecular formula is C32H34F3N7O6. The highest BCUT2D eigenvalue weighted by Crippen LogP contribution is 2.22. The molecule has 0 fully saturated rings. The summed E-state index contributed by atoms with van der Waals surface area (Å²) in [6.07, 6.45) is -5.36. The number of hydrogen-bond donors (Lipinski definition) is 3. The van der Waals surface area contributed by atoms with Gasteiger partial charge < -0.3 is 24.1 Å². The molecule has 2 aromatic carbocycles. The molecule has 2 amide bonds. The molecule has 2 aromatic heterocycles. The van der Waals surface area contributed by atoms with Crippen molar-refractivity contribution in [1.29, 1.82) is 5.41 Å². The van der Waals surface area contributed by atoms with Crippen molar-refractivity contribution >= 4 is 46.3 Å². The SMILES string of the molecule is COCCOC(=O)CCN(C(=O)c1ccc2c(c1)nc(CNc1ccc(C(=N)NC(=O)OCCC(F)(F)F)cc1)n2C)c1ccccn1. The van der Waals surface area contributed by atoms with Gasteiger partial charge in [-0.25, -0.2) is 14.8 Å². The molecule has 3 N–H and O–H groups in total. The zero-order chi connectivity index (χ0) is 34.7. The Labute approximate surface area is 273 Å². The number of ether oxygens (including phenoxy) is 3. The van der Waals surface area contributed by atoms with Crippen LogP contribution in [0.25, 0.3) is 11.0 Å². The number of alkyl halides is 3. The number of carbonyl (C=O) groups is 3. The molecule has 0 radical (unpaired) electrons. The van der Waals surface area contributed by atoms with E-state index < -0.39 is 31.3 Å². The van der Waals surface area contributed by atoms with E-state index in [1.807, 2.05) is 11.6 Å². The zero-order valence-electron chi connectivity index (χ0n) is 26.2. The minimum Gasteiger partial charge on any atom is -0.463 e. The summed E-state index contributed by atoms with van der Waals surface area (Å²) in [5, 5.41) is 13.3. The average molecular weight is 670 g/mol. The first-order chi connectivity index (χ1) is 22.9. The second-order valence-corrected chi connectivity index (χ2v) is 10.3. The number of alkyl carbamates (subject to hydrolysis) is 1. The van der Waals surface area contributed by atoms with E-state index in [1.165, 1.54) is 12.0 Å². The minimum atomic E-state index is -4.45. The molecule has 0 unspecified atom stereocenters. The second kappa shape index (κ2) is 16.4. The second-order valence-electron chi connectivity index (χ2n) is 10.3. The van der Waals surface area contributed by atoms with Crippen LogP contribution in [0.2, 0.25) is 0 Å². The number of amidine groups is 1. The largest absolute Gasteiger partial charge is 0.463 e. The molecule has 0 spiro atoms. The highest BCUT2D eigenvalue weighted by Gasteiger charge is 2.27. The first-order valence-corrected chi connectivity index (χ1v) is 14.7. The fraction of sp³-hybridized carbons (Fsp3) is 0.312. The molecule has 4 rings (SSSR count). The molecule has 0 atom stereocenters. The van der Waals surface area contributed by atoms with Crippen LogP contribution >= 0.6 is 0 Å². The number of hydrogen-bond acceptors (Lipinski definition) is 10. The molecule has 0 aliphatic carbocycles. The van der Waals surface area contributed by atoms with Gasteiger partial charge in [-0.05, 0) is 54.6 Å². The topological polar surface area (TPSA) is 161 Å².